The fourth-order valence-electron chi connectivity index (χ4n) is 0.326. The standard InChI is InChI=1S/C5H2F2N.BrH.Mg/c6-4-2-1-3-8-5(4)7;;/h2-3H;1H;/q-1;;+2/p-1. The van der Waals surface area contributed by atoms with Crippen molar-refractivity contribution in [1.82, 2.24) is 4.98 Å². The third-order valence-corrected chi connectivity index (χ3v) is 0.660. The molecule has 0 aromatic carbocycles. The first-order valence-electron chi connectivity index (χ1n) is 1.98. The summed E-state index contributed by atoms with van der Waals surface area (Å²) in [7, 11) is 0. The van der Waals surface area contributed by atoms with E-state index in [4.69, 9.17) is 0 Å². The Morgan fingerprint density at radius 2 is 2.00 bits per heavy atom. The van der Waals surface area contributed by atoms with E-state index in [1.807, 2.05) is 0 Å². The average Bonchev–Trinajstić information content (AvgIpc) is 1.77. The maximum atomic E-state index is 11.8. The SMILES string of the molecule is Fc1c[c-]cnc1F.[Br-].[Mg+2]. The van der Waals surface area contributed by atoms with Crippen LogP contribution < -0.4 is 17.0 Å². The van der Waals surface area contributed by atoms with Crippen molar-refractivity contribution >= 4 is 23.1 Å². The monoisotopic (exact) mass is 217 g/mol. The Morgan fingerprint density at radius 1 is 1.40 bits per heavy atom. The molecule has 5 heteroatoms. The number of halogens is 3. The minimum absolute atomic E-state index is 0. The Hall–Kier alpha value is 0.256. The molecule has 0 unspecified atom stereocenters. The maximum Gasteiger partial charge on any atom is 2.00 e. The molecule has 0 aliphatic rings. The average molecular weight is 218 g/mol. The third-order valence-electron chi connectivity index (χ3n) is 0.660. The first kappa shape index (κ1) is 12.9. The van der Waals surface area contributed by atoms with E-state index in [0.717, 1.165) is 12.3 Å². The molecule has 1 rings (SSSR count). The van der Waals surface area contributed by atoms with Crippen LogP contribution in [-0.2, 0) is 0 Å². The zero-order valence-electron chi connectivity index (χ0n) is 4.94. The molecule has 0 N–H and O–H groups in total. The Bertz CT molecular complexity index is 176. The van der Waals surface area contributed by atoms with Gasteiger partial charge in [0.15, 0.2) is 5.95 Å². The Kier molecular flexibility index (Phi) is 7.73. The fourth-order valence-corrected chi connectivity index (χ4v) is 0.326. The zero-order valence-corrected chi connectivity index (χ0v) is 7.94. The molecule has 0 saturated heterocycles. The van der Waals surface area contributed by atoms with Gasteiger partial charge >= 0.3 is 23.1 Å². The van der Waals surface area contributed by atoms with Crippen LogP contribution in [-0.4, -0.2) is 28.0 Å². The van der Waals surface area contributed by atoms with Gasteiger partial charge in [-0.25, -0.2) is 10.5 Å². The van der Waals surface area contributed by atoms with Gasteiger partial charge in [-0.2, -0.15) is 6.07 Å². The second-order valence-corrected chi connectivity index (χ2v) is 1.21. The van der Waals surface area contributed by atoms with Crippen LogP contribution in [0.15, 0.2) is 12.3 Å². The summed E-state index contributed by atoms with van der Waals surface area (Å²) in [4.78, 5) is 2.98. The smallest absolute Gasteiger partial charge is 1.00 e. The van der Waals surface area contributed by atoms with Crippen molar-refractivity contribution in [2.24, 2.45) is 0 Å². The van der Waals surface area contributed by atoms with Gasteiger partial charge in [0.2, 0.25) is 0 Å². The van der Waals surface area contributed by atoms with Gasteiger partial charge in [0.05, 0.1) is 0 Å². The molecule has 1 heterocycles. The molecule has 0 radical (unpaired) electrons. The van der Waals surface area contributed by atoms with E-state index >= 15 is 0 Å². The number of aromatic nitrogens is 1. The summed E-state index contributed by atoms with van der Waals surface area (Å²) in [5.41, 5.74) is 0. The van der Waals surface area contributed by atoms with Gasteiger partial charge < -0.3 is 21.4 Å². The van der Waals surface area contributed by atoms with Crippen LogP contribution in [0.5, 0.6) is 0 Å². The first-order valence-corrected chi connectivity index (χ1v) is 1.98. The molecule has 1 aromatic rings. The van der Waals surface area contributed by atoms with Crippen LogP contribution in [0.3, 0.4) is 0 Å². The number of hydrogen-bond donors (Lipinski definition) is 0. The second-order valence-electron chi connectivity index (χ2n) is 1.21. The van der Waals surface area contributed by atoms with Gasteiger partial charge in [-0.15, -0.1) is 0 Å². The largest absolute Gasteiger partial charge is 2.00 e. The summed E-state index contributed by atoms with van der Waals surface area (Å²) in [6.07, 6.45) is 1.07. The number of nitrogens with zero attached hydrogens (tertiary/aromatic N) is 1. The summed E-state index contributed by atoms with van der Waals surface area (Å²) < 4.78 is 23.7. The molecule has 0 amide bonds. The van der Waals surface area contributed by atoms with Gasteiger partial charge in [-0.1, -0.05) is 6.20 Å². The van der Waals surface area contributed by atoms with Crippen LogP contribution in [0.1, 0.15) is 0 Å². The Morgan fingerprint density at radius 3 is 2.30 bits per heavy atom. The molecular weight excluding hydrogens is 216 g/mol. The first-order chi connectivity index (χ1) is 3.80. The Labute approximate surface area is 83.8 Å². The van der Waals surface area contributed by atoms with Crippen molar-refractivity contribution < 1.29 is 25.8 Å². The van der Waals surface area contributed by atoms with Gasteiger partial charge in [0, 0.05) is 5.82 Å². The fraction of sp³-hybridized carbons (Fsp3) is 0. The van der Waals surface area contributed by atoms with Gasteiger partial charge in [0.25, 0.3) is 0 Å². The van der Waals surface area contributed by atoms with Crippen molar-refractivity contribution in [2.45, 2.75) is 0 Å². The minimum Gasteiger partial charge on any atom is -1.00 e. The van der Waals surface area contributed by atoms with Crippen LogP contribution in [0.4, 0.5) is 8.78 Å². The summed E-state index contributed by atoms with van der Waals surface area (Å²) in [6.45, 7) is 0. The van der Waals surface area contributed by atoms with Gasteiger partial charge in [-0.05, 0) is 0 Å². The van der Waals surface area contributed by atoms with Crippen LogP contribution in [0, 0.1) is 17.8 Å². The minimum atomic E-state index is -1.08. The van der Waals surface area contributed by atoms with Crippen LogP contribution >= 0.6 is 0 Å². The zero-order chi connectivity index (χ0) is 5.98. The van der Waals surface area contributed by atoms with E-state index < -0.39 is 11.8 Å². The van der Waals surface area contributed by atoms with Crippen molar-refractivity contribution in [2.75, 3.05) is 0 Å². The summed E-state index contributed by atoms with van der Waals surface area (Å²) in [5, 5.41) is 0. The van der Waals surface area contributed by atoms with Gasteiger partial charge in [-0.3, -0.25) is 4.98 Å². The van der Waals surface area contributed by atoms with E-state index in [9.17, 15) is 8.78 Å². The number of rotatable bonds is 0. The summed E-state index contributed by atoms with van der Waals surface area (Å²) in [5.74, 6) is -2.05. The van der Waals surface area contributed by atoms with Gasteiger partial charge in [0.1, 0.15) is 0 Å². The summed E-state index contributed by atoms with van der Waals surface area (Å²) in [6, 6.07) is 3.17. The molecule has 1 nitrogen and oxygen atoms in total. The van der Waals surface area contributed by atoms with E-state index in [1.165, 1.54) is 0 Å². The maximum absolute atomic E-state index is 11.8. The third kappa shape index (κ3) is 3.43. The molecule has 0 aliphatic heterocycles. The van der Waals surface area contributed by atoms with E-state index in [1.54, 1.807) is 0 Å². The molecule has 0 atom stereocenters. The molecule has 0 fully saturated rings. The van der Waals surface area contributed by atoms with Crippen molar-refractivity contribution in [3.05, 3.63) is 30.1 Å². The molecule has 10 heavy (non-hydrogen) atoms. The van der Waals surface area contributed by atoms with E-state index in [-0.39, 0.29) is 40.0 Å². The van der Waals surface area contributed by atoms with Crippen LogP contribution in [0.2, 0.25) is 0 Å². The molecular formula is C5H2BrF2MgN. The summed E-state index contributed by atoms with van der Waals surface area (Å²) >= 11 is 0. The topological polar surface area (TPSA) is 12.9 Å². The van der Waals surface area contributed by atoms with Crippen molar-refractivity contribution in [3.8, 4) is 0 Å². The second kappa shape index (κ2) is 6.00. The molecule has 0 saturated carbocycles. The predicted octanol–water partition coefficient (Wildman–Crippen LogP) is -2.22. The molecule has 50 valence electrons. The molecule has 0 bridgehead atoms. The number of pyridine rings is 1. The predicted molar refractivity (Wildman–Crippen MR) is 28.7 cm³/mol. The molecule has 0 aliphatic carbocycles. The normalized spacial score (nSPS) is 7.40. The number of hydrogen-bond acceptors (Lipinski definition) is 1. The molecule has 0 spiro atoms. The van der Waals surface area contributed by atoms with Crippen molar-refractivity contribution in [1.29, 1.82) is 0 Å². The Balaban J connectivity index is 0. The van der Waals surface area contributed by atoms with E-state index in [2.05, 4.69) is 11.1 Å². The molecule has 1 aromatic heterocycles. The van der Waals surface area contributed by atoms with Crippen LogP contribution in [0.25, 0.3) is 0 Å². The van der Waals surface area contributed by atoms with E-state index in [0.29, 0.717) is 0 Å². The quantitative estimate of drug-likeness (QED) is 0.273. The van der Waals surface area contributed by atoms with Crippen molar-refractivity contribution in [3.63, 3.8) is 0 Å².